The number of hydrogen-bond acceptors (Lipinski definition) is 4. The maximum atomic E-state index is 11.3. The lowest BCUT2D eigenvalue weighted by molar-refractivity contribution is -0.131. The summed E-state index contributed by atoms with van der Waals surface area (Å²) in [4.78, 5) is 13.3. The Balaban J connectivity index is 1.76. The minimum Gasteiger partial charge on any atom is -0.475 e. The van der Waals surface area contributed by atoms with Gasteiger partial charge in [-0.05, 0) is 91.5 Å². The van der Waals surface area contributed by atoms with Crippen LogP contribution in [0.2, 0.25) is 0 Å². The topological polar surface area (TPSA) is 38.8 Å². The molecule has 0 N–H and O–H groups in total. The molecule has 3 aromatic carbocycles. The van der Waals surface area contributed by atoms with Crippen molar-refractivity contribution in [2.75, 3.05) is 14.1 Å². The summed E-state index contributed by atoms with van der Waals surface area (Å²) in [6.45, 7) is 3.44. The van der Waals surface area contributed by atoms with Crippen molar-refractivity contribution in [3.63, 3.8) is 0 Å². The Morgan fingerprint density at radius 3 is 2.03 bits per heavy atom. The third-order valence-corrected chi connectivity index (χ3v) is 5.87. The number of fused-ring (bicyclic) bond motifs is 1. The molecule has 0 radical (unpaired) electrons. The van der Waals surface area contributed by atoms with E-state index < -0.39 is 0 Å². The summed E-state index contributed by atoms with van der Waals surface area (Å²) < 4.78 is 11.2. The van der Waals surface area contributed by atoms with Crippen LogP contribution >= 0.6 is 0 Å². The van der Waals surface area contributed by atoms with E-state index in [0.29, 0.717) is 5.75 Å². The molecule has 0 saturated heterocycles. The number of rotatable bonds is 6. The molecular weight excluding hydrogens is 398 g/mol. The second-order valence-corrected chi connectivity index (χ2v) is 8.33. The smallest absolute Gasteiger partial charge is 0.308 e. The number of hydrogen-bond donors (Lipinski definition) is 0. The van der Waals surface area contributed by atoms with Crippen LogP contribution in [-0.4, -0.2) is 31.2 Å². The molecule has 3 aromatic rings. The van der Waals surface area contributed by atoms with Crippen LogP contribution in [0.1, 0.15) is 42.5 Å². The van der Waals surface area contributed by atoms with Crippen LogP contribution in [0.4, 0.5) is 0 Å². The summed E-state index contributed by atoms with van der Waals surface area (Å²) in [5, 5.41) is 0. The van der Waals surface area contributed by atoms with Gasteiger partial charge < -0.3 is 9.47 Å². The van der Waals surface area contributed by atoms with Crippen molar-refractivity contribution in [3.8, 4) is 11.5 Å². The van der Waals surface area contributed by atoms with Crippen LogP contribution < -0.4 is 9.47 Å². The minimum absolute atomic E-state index is 0.00537. The molecule has 0 spiro atoms. The fourth-order valence-electron chi connectivity index (χ4n) is 4.06. The summed E-state index contributed by atoms with van der Waals surface area (Å²) in [7, 11) is 4.00. The maximum Gasteiger partial charge on any atom is 0.308 e. The molecule has 0 heterocycles. The number of ether oxygens (including phenoxy) is 2. The summed E-state index contributed by atoms with van der Waals surface area (Å²) in [5.41, 5.74) is 7.49. The Kier molecular flexibility index (Phi) is 6.42. The summed E-state index contributed by atoms with van der Waals surface area (Å²) in [6, 6.07) is 24.7. The molecule has 4 heteroatoms. The molecule has 4 rings (SSSR count). The van der Waals surface area contributed by atoms with Crippen LogP contribution in [-0.2, 0) is 11.2 Å². The van der Waals surface area contributed by atoms with Gasteiger partial charge in [-0.25, -0.2) is 0 Å². The maximum absolute atomic E-state index is 11.3. The largest absolute Gasteiger partial charge is 0.475 e. The van der Waals surface area contributed by atoms with Gasteiger partial charge in [-0.15, -0.1) is 0 Å². The fourth-order valence-corrected chi connectivity index (χ4v) is 4.06. The molecular formula is C28H29NO3. The zero-order valence-corrected chi connectivity index (χ0v) is 19.1. The van der Waals surface area contributed by atoms with Crippen molar-refractivity contribution < 1.29 is 14.3 Å². The molecule has 0 aliphatic heterocycles. The first kappa shape index (κ1) is 21.8. The summed E-state index contributed by atoms with van der Waals surface area (Å²) in [6.07, 6.45) is 2.03. The van der Waals surface area contributed by atoms with E-state index in [2.05, 4.69) is 36.4 Å². The fraction of sp³-hybridized carbons (Fsp3) is 0.250. The highest BCUT2D eigenvalue weighted by Gasteiger charge is 2.21. The number of allylic oxidation sites excluding steroid dienone is 1. The first-order valence-electron chi connectivity index (χ1n) is 11.0. The van der Waals surface area contributed by atoms with Crippen molar-refractivity contribution in [2.45, 2.75) is 32.9 Å². The van der Waals surface area contributed by atoms with Gasteiger partial charge in [-0.1, -0.05) is 48.5 Å². The second kappa shape index (κ2) is 9.41. The van der Waals surface area contributed by atoms with Gasteiger partial charge in [0.05, 0.1) is 0 Å². The van der Waals surface area contributed by atoms with Gasteiger partial charge in [0.2, 0.25) is 0 Å². The number of carbonyl (C=O) groups is 1. The predicted octanol–water partition coefficient (Wildman–Crippen LogP) is 5.80. The monoisotopic (exact) mass is 427 g/mol. The molecule has 0 aromatic heterocycles. The molecule has 1 aliphatic carbocycles. The Bertz CT molecular complexity index is 1130. The molecule has 0 saturated carbocycles. The molecule has 0 amide bonds. The van der Waals surface area contributed by atoms with Gasteiger partial charge in [0.1, 0.15) is 17.7 Å². The van der Waals surface area contributed by atoms with E-state index in [1.54, 1.807) is 0 Å². The third-order valence-electron chi connectivity index (χ3n) is 5.87. The van der Waals surface area contributed by atoms with E-state index >= 15 is 0 Å². The summed E-state index contributed by atoms with van der Waals surface area (Å²) >= 11 is 0. The molecule has 0 fully saturated rings. The van der Waals surface area contributed by atoms with Crippen LogP contribution in [0, 0.1) is 0 Å². The number of nitrogens with zero attached hydrogens (tertiary/aromatic N) is 1. The van der Waals surface area contributed by atoms with Crippen LogP contribution in [0.25, 0.3) is 11.1 Å². The molecule has 1 atom stereocenters. The Morgan fingerprint density at radius 1 is 0.844 bits per heavy atom. The normalized spacial score (nSPS) is 15.3. The predicted molar refractivity (Wildman–Crippen MR) is 129 cm³/mol. The van der Waals surface area contributed by atoms with Crippen molar-refractivity contribution in [1.29, 1.82) is 0 Å². The lowest BCUT2D eigenvalue weighted by Crippen LogP contribution is -2.30. The molecule has 0 bridgehead atoms. The lowest BCUT2D eigenvalue weighted by atomic mass is 9.90. The van der Waals surface area contributed by atoms with Crippen molar-refractivity contribution >= 4 is 17.1 Å². The standard InChI is InChI=1S/C28H29NO3/c1-19(29(3)4)31-24-14-9-22(10-15-24)28(23-11-16-25(17-12-23)32-20(2)30)27-18-13-21-7-5-6-8-26(21)27/h5-12,14-17,19H,13,18H2,1-4H3/b28-27-. The van der Waals surface area contributed by atoms with Gasteiger partial charge in [-0.3, -0.25) is 9.69 Å². The Morgan fingerprint density at radius 2 is 1.44 bits per heavy atom. The van der Waals surface area contributed by atoms with Crippen molar-refractivity contribution in [1.82, 2.24) is 4.90 Å². The highest BCUT2D eigenvalue weighted by Crippen LogP contribution is 2.41. The van der Waals surface area contributed by atoms with E-state index in [-0.39, 0.29) is 12.2 Å². The van der Waals surface area contributed by atoms with E-state index in [4.69, 9.17) is 9.47 Å². The van der Waals surface area contributed by atoms with Gasteiger partial charge in [-0.2, -0.15) is 0 Å². The van der Waals surface area contributed by atoms with Gasteiger partial charge in [0.15, 0.2) is 0 Å². The second-order valence-electron chi connectivity index (χ2n) is 8.33. The average molecular weight is 428 g/mol. The molecule has 1 unspecified atom stereocenters. The van der Waals surface area contributed by atoms with Crippen LogP contribution in [0.15, 0.2) is 72.8 Å². The van der Waals surface area contributed by atoms with Gasteiger partial charge >= 0.3 is 5.97 Å². The summed E-state index contributed by atoms with van der Waals surface area (Å²) in [5.74, 6) is 1.08. The quantitative estimate of drug-likeness (QED) is 0.283. The third kappa shape index (κ3) is 4.76. The number of aryl methyl sites for hydroxylation is 1. The first-order valence-corrected chi connectivity index (χ1v) is 11.0. The van der Waals surface area contributed by atoms with Gasteiger partial charge in [0.25, 0.3) is 0 Å². The van der Waals surface area contributed by atoms with Crippen LogP contribution in [0.5, 0.6) is 11.5 Å². The lowest BCUT2D eigenvalue weighted by Gasteiger charge is -2.21. The zero-order valence-electron chi connectivity index (χ0n) is 19.1. The SMILES string of the molecule is CC(=O)Oc1ccc(/C(=C2/CCc3ccccc32)c2ccc(OC(C)N(C)C)cc2)cc1. The van der Waals surface area contributed by atoms with E-state index in [1.807, 2.05) is 62.3 Å². The van der Waals surface area contributed by atoms with Crippen molar-refractivity contribution in [3.05, 3.63) is 95.1 Å². The van der Waals surface area contributed by atoms with E-state index in [1.165, 1.54) is 29.2 Å². The number of carbonyl (C=O) groups excluding carboxylic acids is 1. The van der Waals surface area contributed by atoms with Crippen molar-refractivity contribution in [2.24, 2.45) is 0 Å². The Hall–Kier alpha value is -3.37. The van der Waals surface area contributed by atoms with Gasteiger partial charge in [0, 0.05) is 6.92 Å². The highest BCUT2D eigenvalue weighted by atomic mass is 16.5. The molecule has 164 valence electrons. The average Bonchev–Trinajstić information content (AvgIpc) is 3.20. The minimum atomic E-state index is -0.316. The Labute approximate surface area is 190 Å². The number of esters is 1. The molecule has 32 heavy (non-hydrogen) atoms. The van der Waals surface area contributed by atoms with E-state index in [9.17, 15) is 4.79 Å². The highest BCUT2D eigenvalue weighted by molar-refractivity contribution is 6.00. The molecule has 4 nitrogen and oxygen atoms in total. The van der Waals surface area contributed by atoms with Crippen LogP contribution in [0.3, 0.4) is 0 Å². The first-order chi connectivity index (χ1) is 15.4. The number of benzene rings is 3. The zero-order chi connectivity index (χ0) is 22.7. The molecule has 1 aliphatic rings. The van der Waals surface area contributed by atoms with E-state index in [0.717, 1.165) is 29.7 Å².